The zero-order chi connectivity index (χ0) is 23.2. The molecule has 4 rings (SSSR count). The van der Waals surface area contributed by atoms with Crippen LogP contribution in [0.3, 0.4) is 0 Å². The quantitative estimate of drug-likeness (QED) is 0.284. The van der Waals surface area contributed by atoms with E-state index >= 15 is 0 Å². The molecule has 33 heavy (non-hydrogen) atoms. The van der Waals surface area contributed by atoms with Gasteiger partial charge in [-0.3, -0.25) is 14.6 Å². The van der Waals surface area contributed by atoms with Crippen LogP contribution in [0.15, 0.2) is 83.9 Å². The van der Waals surface area contributed by atoms with Gasteiger partial charge in [0.05, 0.1) is 5.69 Å². The zero-order valence-corrected chi connectivity index (χ0v) is 19.2. The van der Waals surface area contributed by atoms with E-state index in [0.29, 0.717) is 22.4 Å². The monoisotopic (exact) mass is 481 g/mol. The molecule has 0 aliphatic carbocycles. The Balaban J connectivity index is 1.51. The highest BCUT2D eigenvalue weighted by molar-refractivity contribution is 8.15. The van der Waals surface area contributed by atoms with Crippen LogP contribution in [0.5, 0.6) is 0 Å². The first-order valence-electron chi connectivity index (χ1n) is 10.4. The summed E-state index contributed by atoms with van der Waals surface area (Å²) >= 11 is 7.32. The number of rotatable bonds is 6. The third kappa shape index (κ3) is 6.00. The largest absolute Gasteiger partial charge is 0.335 e. The van der Waals surface area contributed by atoms with Crippen LogP contribution in [-0.2, 0) is 16.0 Å². The van der Waals surface area contributed by atoms with E-state index in [0.717, 1.165) is 22.6 Å². The second kappa shape index (κ2) is 10.6. The van der Waals surface area contributed by atoms with Crippen LogP contribution >= 0.6 is 23.4 Å². The predicted octanol–water partition coefficient (Wildman–Crippen LogP) is 5.56. The maximum atomic E-state index is 13.3. The van der Waals surface area contributed by atoms with Crippen molar-refractivity contribution >= 4 is 51.7 Å². The van der Waals surface area contributed by atoms with Gasteiger partial charge in [-0.15, -0.1) is 0 Å². The van der Waals surface area contributed by atoms with E-state index in [4.69, 9.17) is 11.6 Å². The van der Waals surface area contributed by atoms with Crippen molar-refractivity contribution in [3.05, 3.63) is 95.3 Å². The first-order chi connectivity index (χ1) is 16.0. The van der Waals surface area contributed by atoms with E-state index in [2.05, 4.69) is 10.3 Å². The van der Waals surface area contributed by atoms with Gasteiger partial charge in [0.15, 0.2) is 5.17 Å². The first kappa shape index (κ1) is 23.0. The Bertz CT molecular complexity index is 1170. The number of anilines is 2. The zero-order valence-electron chi connectivity index (χ0n) is 17.6. The minimum atomic E-state index is -0.635. The molecule has 1 N–H and O–H groups in total. The van der Waals surface area contributed by atoms with Gasteiger partial charge in [-0.25, -0.2) is 9.29 Å². The number of carbonyl (C=O) groups excluding carboxylic acids is 2. The molecule has 1 aliphatic rings. The van der Waals surface area contributed by atoms with Crippen molar-refractivity contribution in [3.63, 3.8) is 0 Å². The number of amides is 2. The molecule has 0 aromatic heterocycles. The molecule has 0 radical (unpaired) electrons. The average molecular weight is 482 g/mol. The Kier molecular flexibility index (Phi) is 7.42. The van der Waals surface area contributed by atoms with Gasteiger partial charge in [-0.2, -0.15) is 0 Å². The van der Waals surface area contributed by atoms with Crippen LogP contribution in [0.1, 0.15) is 12.0 Å². The lowest BCUT2D eigenvalue weighted by Gasteiger charge is -2.16. The van der Waals surface area contributed by atoms with Crippen LogP contribution < -0.4 is 10.2 Å². The molecule has 0 bridgehead atoms. The number of amidine groups is 1. The molecule has 0 unspecified atom stereocenters. The van der Waals surface area contributed by atoms with Crippen LogP contribution in [-0.4, -0.2) is 28.8 Å². The molecule has 1 atom stereocenters. The summed E-state index contributed by atoms with van der Waals surface area (Å²) in [6.07, 6.45) is 0.775. The Morgan fingerprint density at radius 3 is 2.55 bits per heavy atom. The number of aliphatic imine (C=N–C) groups is 1. The molecular formula is C25H21ClFN3O2S. The van der Waals surface area contributed by atoms with E-state index < -0.39 is 11.1 Å². The molecule has 3 aromatic rings. The molecule has 1 aliphatic heterocycles. The summed E-state index contributed by atoms with van der Waals surface area (Å²) in [4.78, 5) is 31.4. The smallest absolute Gasteiger partial charge is 0.247 e. The molecule has 168 valence electrons. The maximum absolute atomic E-state index is 13.3. The molecule has 1 saturated heterocycles. The number of thioether (sulfide) groups is 1. The van der Waals surface area contributed by atoms with Crippen molar-refractivity contribution in [2.24, 2.45) is 4.99 Å². The fourth-order valence-electron chi connectivity index (χ4n) is 3.42. The lowest BCUT2D eigenvalue weighted by Crippen LogP contribution is -2.31. The number of imide groups is 1. The summed E-state index contributed by atoms with van der Waals surface area (Å²) in [5.41, 5.74) is 2.25. The molecule has 2 amide bonds. The van der Waals surface area contributed by atoms with E-state index in [-0.39, 0.29) is 18.2 Å². The Morgan fingerprint density at radius 1 is 1.06 bits per heavy atom. The van der Waals surface area contributed by atoms with Crippen LogP contribution in [0, 0.1) is 5.82 Å². The van der Waals surface area contributed by atoms with Gasteiger partial charge in [0.25, 0.3) is 0 Å². The molecule has 1 heterocycles. The lowest BCUT2D eigenvalue weighted by atomic mass is 10.2. The van der Waals surface area contributed by atoms with Crippen LogP contribution in [0.4, 0.5) is 15.8 Å². The number of halogens is 2. The molecular weight excluding hydrogens is 461 g/mol. The number of carbonyl (C=O) groups is 2. The van der Waals surface area contributed by atoms with Crippen molar-refractivity contribution in [1.82, 2.24) is 0 Å². The lowest BCUT2D eigenvalue weighted by molar-refractivity contribution is -0.121. The number of nitrogens with zero attached hydrogens (tertiary/aromatic N) is 2. The summed E-state index contributed by atoms with van der Waals surface area (Å²) in [5.74, 6) is -1.10. The van der Waals surface area contributed by atoms with Crippen LogP contribution in [0.25, 0.3) is 0 Å². The van der Waals surface area contributed by atoms with E-state index in [1.807, 2.05) is 42.5 Å². The van der Waals surface area contributed by atoms with Crippen molar-refractivity contribution in [2.45, 2.75) is 18.1 Å². The SMILES string of the molecule is O=C1C[C@H](SC(=NCCc2ccccc2)Nc2cccc(Cl)c2)C(=O)N1c1ccc(F)cc1. The van der Waals surface area contributed by atoms with Gasteiger partial charge in [0, 0.05) is 23.7 Å². The van der Waals surface area contributed by atoms with Gasteiger partial charge < -0.3 is 5.32 Å². The fraction of sp³-hybridized carbons (Fsp3) is 0.160. The van der Waals surface area contributed by atoms with Crippen molar-refractivity contribution < 1.29 is 14.0 Å². The minimum Gasteiger partial charge on any atom is -0.335 e. The topological polar surface area (TPSA) is 61.8 Å². The van der Waals surface area contributed by atoms with Crippen molar-refractivity contribution in [2.75, 3.05) is 16.8 Å². The second-order valence-corrected chi connectivity index (χ2v) is 9.04. The normalized spacial score (nSPS) is 16.4. The highest BCUT2D eigenvalue weighted by Gasteiger charge is 2.40. The standard InChI is InChI=1S/C25H21ClFN3O2S/c26-18-7-4-8-20(15-18)29-25(28-14-13-17-5-2-1-3-6-17)33-22-16-23(31)30(24(22)32)21-11-9-19(27)10-12-21/h1-12,15,22H,13-14,16H2,(H,28,29)/t22-/m0/s1. The predicted molar refractivity (Wildman–Crippen MR) is 132 cm³/mol. The molecule has 0 spiro atoms. The Hall–Kier alpha value is -3.16. The number of hydrogen-bond donors (Lipinski definition) is 1. The van der Waals surface area contributed by atoms with Crippen molar-refractivity contribution in [1.29, 1.82) is 0 Å². The van der Waals surface area contributed by atoms with Gasteiger partial charge in [-0.05, 0) is 54.4 Å². The molecule has 3 aromatic carbocycles. The molecule has 0 saturated carbocycles. The Labute approximate surface area is 200 Å². The molecule has 1 fully saturated rings. The summed E-state index contributed by atoms with van der Waals surface area (Å²) in [6.45, 7) is 0.510. The first-order valence-corrected chi connectivity index (χ1v) is 11.7. The minimum absolute atomic E-state index is 0.0375. The summed E-state index contributed by atoms with van der Waals surface area (Å²) in [7, 11) is 0. The summed E-state index contributed by atoms with van der Waals surface area (Å²) in [5, 5.41) is 3.69. The fourth-order valence-corrected chi connectivity index (χ4v) is 4.65. The number of benzene rings is 3. The van der Waals surface area contributed by atoms with E-state index in [1.165, 1.54) is 36.0 Å². The summed E-state index contributed by atoms with van der Waals surface area (Å²) < 4.78 is 13.3. The molecule has 5 nitrogen and oxygen atoms in total. The number of hydrogen-bond acceptors (Lipinski definition) is 4. The molecule has 8 heteroatoms. The number of nitrogens with one attached hydrogen (secondary N) is 1. The van der Waals surface area contributed by atoms with E-state index in [1.54, 1.807) is 12.1 Å². The van der Waals surface area contributed by atoms with Gasteiger partial charge >= 0.3 is 0 Å². The highest BCUT2D eigenvalue weighted by Crippen LogP contribution is 2.31. The highest BCUT2D eigenvalue weighted by atomic mass is 35.5. The van der Waals surface area contributed by atoms with Crippen molar-refractivity contribution in [3.8, 4) is 0 Å². The third-order valence-corrected chi connectivity index (χ3v) is 6.36. The summed E-state index contributed by atoms with van der Waals surface area (Å²) in [6, 6.07) is 22.5. The second-order valence-electron chi connectivity index (χ2n) is 7.41. The van der Waals surface area contributed by atoms with Gasteiger partial charge in [-0.1, -0.05) is 59.8 Å². The third-order valence-electron chi connectivity index (χ3n) is 5.02. The average Bonchev–Trinajstić information content (AvgIpc) is 3.08. The van der Waals surface area contributed by atoms with Gasteiger partial charge in [0.2, 0.25) is 11.8 Å². The van der Waals surface area contributed by atoms with Gasteiger partial charge in [0.1, 0.15) is 11.1 Å². The van der Waals surface area contributed by atoms with E-state index in [9.17, 15) is 14.0 Å². The maximum Gasteiger partial charge on any atom is 0.247 e. The van der Waals surface area contributed by atoms with Crippen LogP contribution in [0.2, 0.25) is 5.02 Å². The Morgan fingerprint density at radius 2 is 1.82 bits per heavy atom.